The number of rotatable bonds is 4. The molecule has 0 aliphatic heterocycles. The molecule has 0 saturated carbocycles. The summed E-state index contributed by atoms with van der Waals surface area (Å²) in [4.78, 5) is 3.11. The molecule has 8 heteroatoms. The summed E-state index contributed by atoms with van der Waals surface area (Å²) in [6, 6.07) is 15.0. The summed E-state index contributed by atoms with van der Waals surface area (Å²) in [6.07, 6.45) is -4.91. The van der Waals surface area contributed by atoms with Crippen LogP contribution in [0.1, 0.15) is 5.56 Å². The summed E-state index contributed by atoms with van der Waals surface area (Å²) in [6.45, 7) is -0.285. The van der Waals surface area contributed by atoms with Gasteiger partial charge in [0.05, 0.1) is 11.4 Å². The minimum Gasteiger partial charge on any atom is -0.260 e. The average Bonchev–Trinajstić information content (AvgIpc) is 2.52. The SMILES string of the molecule is O=S(=O)(NC(=NCc1ccccc1)C(F)(F)F)c1ccccc1. The molecule has 2 aromatic rings. The highest BCUT2D eigenvalue weighted by atomic mass is 32.2. The van der Waals surface area contributed by atoms with Gasteiger partial charge in [0, 0.05) is 0 Å². The molecule has 2 aromatic carbocycles. The number of aliphatic imine (C=N–C) groups is 1. The quantitative estimate of drug-likeness (QED) is 0.685. The third kappa shape index (κ3) is 4.82. The molecule has 0 unspecified atom stereocenters. The summed E-state index contributed by atoms with van der Waals surface area (Å²) < 4.78 is 64.6. The minimum atomic E-state index is -4.91. The van der Waals surface area contributed by atoms with Gasteiger partial charge < -0.3 is 0 Å². The van der Waals surface area contributed by atoms with Crippen molar-refractivity contribution in [3.8, 4) is 0 Å². The van der Waals surface area contributed by atoms with Crippen molar-refractivity contribution in [3.05, 3.63) is 66.2 Å². The Hall–Kier alpha value is -2.35. The first-order valence-corrected chi connectivity index (χ1v) is 8.01. The van der Waals surface area contributed by atoms with E-state index in [1.54, 1.807) is 36.4 Å². The topological polar surface area (TPSA) is 58.5 Å². The molecule has 0 amide bonds. The van der Waals surface area contributed by atoms with Crippen LogP contribution >= 0.6 is 0 Å². The summed E-state index contributed by atoms with van der Waals surface area (Å²) in [5, 5.41) is 0. The van der Waals surface area contributed by atoms with Crippen LogP contribution in [-0.2, 0) is 16.6 Å². The molecule has 122 valence electrons. The monoisotopic (exact) mass is 342 g/mol. The van der Waals surface area contributed by atoms with Gasteiger partial charge in [-0.3, -0.25) is 9.71 Å². The van der Waals surface area contributed by atoms with E-state index in [9.17, 15) is 21.6 Å². The number of benzene rings is 2. The molecule has 0 aliphatic carbocycles. The molecule has 0 saturated heterocycles. The Balaban J connectivity index is 2.26. The van der Waals surface area contributed by atoms with Crippen LogP contribution in [0.3, 0.4) is 0 Å². The Kier molecular flexibility index (Phi) is 5.05. The molecule has 0 fully saturated rings. The molecule has 2 rings (SSSR count). The van der Waals surface area contributed by atoms with E-state index in [-0.39, 0.29) is 11.4 Å². The summed E-state index contributed by atoms with van der Waals surface area (Å²) in [5.74, 6) is -1.55. The Morgan fingerprint density at radius 1 is 0.957 bits per heavy atom. The van der Waals surface area contributed by atoms with Crippen LogP contribution in [0.15, 0.2) is 70.6 Å². The lowest BCUT2D eigenvalue weighted by Crippen LogP contribution is -2.41. The normalized spacial score (nSPS) is 12.9. The predicted molar refractivity (Wildman–Crippen MR) is 80.4 cm³/mol. The Labute approximate surface area is 131 Å². The molecule has 1 N–H and O–H groups in total. The fraction of sp³-hybridized carbons (Fsp3) is 0.133. The van der Waals surface area contributed by atoms with Crippen molar-refractivity contribution in [2.24, 2.45) is 4.99 Å². The Morgan fingerprint density at radius 3 is 2.00 bits per heavy atom. The Bertz CT molecular complexity index is 773. The zero-order valence-corrected chi connectivity index (χ0v) is 12.6. The number of nitrogens with zero attached hydrogens (tertiary/aromatic N) is 1. The van der Waals surface area contributed by atoms with Gasteiger partial charge in [-0.25, -0.2) is 8.42 Å². The van der Waals surface area contributed by atoms with Crippen molar-refractivity contribution in [1.82, 2.24) is 4.72 Å². The average molecular weight is 342 g/mol. The molecular formula is C15H13F3N2O2S. The first kappa shape index (κ1) is 17.0. The fourth-order valence-corrected chi connectivity index (χ4v) is 2.79. The van der Waals surface area contributed by atoms with E-state index >= 15 is 0 Å². The first-order chi connectivity index (χ1) is 10.8. The fourth-order valence-electron chi connectivity index (χ4n) is 1.72. The second-order valence-electron chi connectivity index (χ2n) is 4.57. The highest BCUT2D eigenvalue weighted by Gasteiger charge is 2.38. The van der Waals surface area contributed by atoms with Crippen LogP contribution in [-0.4, -0.2) is 20.4 Å². The molecule has 0 heterocycles. The summed E-state index contributed by atoms with van der Waals surface area (Å²) >= 11 is 0. The van der Waals surface area contributed by atoms with Crippen LogP contribution in [0.5, 0.6) is 0 Å². The molecule has 23 heavy (non-hydrogen) atoms. The van der Waals surface area contributed by atoms with Crippen molar-refractivity contribution in [3.63, 3.8) is 0 Å². The maximum Gasteiger partial charge on any atom is 0.449 e. The second-order valence-corrected chi connectivity index (χ2v) is 6.25. The van der Waals surface area contributed by atoms with Crippen molar-refractivity contribution < 1.29 is 21.6 Å². The summed E-state index contributed by atoms with van der Waals surface area (Å²) in [7, 11) is -4.35. The van der Waals surface area contributed by atoms with Crippen molar-refractivity contribution >= 4 is 15.9 Å². The molecule has 0 radical (unpaired) electrons. The molecule has 0 aliphatic rings. The van der Waals surface area contributed by atoms with E-state index in [1.165, 1.54) is 29.0 Å². The van der Waals surface area contributed by atoms with Crippen LogP contribution in [0.4, 0.5) is 13.2 Å². The van der Waals surface area contributed by atoms with Gasteiger partial charge in [0.2, 0.25) is 5.84 Å². The minimum absolute atomic E-state index is 0.267. The van der Waals surface area contributed by atoms with Crippen LogP contribution in [0.25, 0.3) is 0 Å². The molecule has 0 aromatic heterocycles. The predicted octanol–water partition coefficient (Wildman–Crippen LogP) is 3.13. The summed E-state index contributed by atoms with van der Waals surface area (Å²) in [5.41, 5.74) is 0.535. The number of sulfonamides is 1. The maximum atomic E-state index is 13.0. The third-order valence-corrected chi connectivity index (χ3v) is 4.17. The van der Waals surface area contributed by atoms with Gasteiger partial charge in [0.25, 0.3) is 10.0 Å². The van der Waals surface area contributed by atoms with E-state index in [1.807, 2.05) is 0 Å². The third-order valence-electron chi connectivity index (χ3n) is 2.82. The molecule has 0 bridgehead atoms. The van der Waals surface area contributed by atoms with E-state index < -0.39 is 22.0 Å². The first-order valence-electron chi connectivity index (χ1n) is 6.52. The van der Waals surface area contributed by atoms with Crippen molar-refractivity contribution in [2.75, 3.05) is 0 Å². The standard InChI is InChI=1S/C15H13F3N2O2S/c16-15(17,18)14(19-11-12-7-3-1-4-8-12)20-23(21,22)13-9-5-2-6-10-13/h1-10H,11H2,(H,19,20). The number of hydrogen-bond acceptors (Lipinski definition) is 3. The largest absolute Gasteiger partial charge is 0.449 e. The van der Waals surface area contributed by atoms with E-state index in [4.69, 9.17) is 0 Å². The molecule has 0 spiro atoms. The van der Waals surface area contributed by atoms with Gasteiger partial charge in [-0.15, -0.1) is 0 Å². The van der Waals surface area contributed by atoms with Gasteiger partial charge in [0.15, 0.2) is 0 Å². The van der Waals surface area contributed by atoms with Gasteiger partial charge in [-0.1, -0.05) is 48.5 Å². The number of alkyl halides is 3. The Morgan fingerprint density at radius 2 is 1.48 bits per heavy atom. The lowest BCUT2D eigenvalue weighted by Gasteiger charge is -2.13. The van der Waals surface area contributed by atoms with E-state index in [0.717, 1.165) is 0 Å². The zero-order chi connectivity index (χ0) is 16.9. The number of hydrogen-bond donors (Lipinski definition) is 1. The van der Waals surface area contributed by atoms with Crippen LogP contribution in [0, 0.1) is 0 Å². The number of amidine groups is 1. The van der Waals surface area contributed by atoms with E-state index in [2.05, 4.69) is 4.99 Å². The smallest absolute Gasteiger partial charge is 0.260 e. The molecular weight excluding hydrogens is 329 g/mol. The van der Waals surface area contributed by atoms with Gasteiger partial charge in [-0.2, -0.15) is 13.2 Å². The highest BCUT2D eigenvalue weighted by Crippen LogP contribution is 2.19. The lowest BCUT2D eigenvalue weighted by atomic mass is 10.2. The second kappa shape index (κ2) is 6.82. The maximum absolute atomic E-state index is 13.0. The van der Waals surface area contributed by atoms with Gasteiger partial charge in [0.1, 0.15) is 0 Å². The molecule has 4 nitrogen and oxygen atoms in total. The van der Waals surface area contributed by atoms with Crippen molar-refractivity contribution in [1.29, 1.82) is 0 Å². The zero-order valence-electron chi connectivity index (χ0n) is 11.8. The lowest BCUT2D eigenvalue weighted by molar-refractivity contribution is -0.0609. The van der Waals surface area contributed by atoms with Gasteiger partial charge in [-0.05, 0) is 17.7 Å². The molecule has 0 atom stereocenters. The number of nitrogens with one attached hydrogen (secondary N) is 1. The highest BCUT2D eigenvalue weighted by molar-refractivity contribution is 7.90. The van der Waals surface area contributed by atoms with Crippen molar-refractivity contribution in [2.45, 2.75) is 17.6 Å². The van der Waals surface area contributed by atoms with E-state index in [0.29, 0.717) is 5.56 Å². The number of halogens is 3. The van der Waals surface area contributed by atoms with Gasteiger partial charge >= 0.3 is 6.18 Å². The van der Waals surface area contributed by atoms with Crippen LogP contribution in [0.2, 0.25) is 0 Å². The van der Waals surface area contributed by atoms with Crippen LogP contribution < -0.4 is 4.72 Å².